The molecule has 0 spiro atoms. The van der Waals surface area contributed by atoms with Gasteiger partial charge in [-0.05, 0) is 52.9 Å². The van der Waals surface area contributed by atoms with E-state index in [0.29, 0.717) is 0 Å². The number of ether oxygens (including phenoxy) is 1. The first-order chi connectivity index (χ1) is 8.79. The summed E-state index contributed by atoms with van der Waals surface area (Å²) in [5, 5.41) is 3.55. The lowest BCUT2D eigenvalue weighted by Gasteiger charge is -2.16. The van der Waals surface area contributed by atoms with E-state index in [0.717, 1.165) is 22.7 Å². The quantitative estimate of drug-likeness (QED) is 0.803. The third-order valence-electron chi connectivity index (χ3n) is 3.72. The Hall–Kier alpha value is -0.700. The van der Waals surface area contributed by atoms with Gasteiger partial charge in [0, 0.05) is 12.2 Å². The van der Waals surface area contributed by atoms with E-state index in [1.165, 1.54) is 44.2 Å². The molecule has 0 aromatic heterocycles. The van der Waals surface area contributed by atoms with Gasteiger partial charge >= 0.3 is 0 Å². The van der Waals surface area contributed by atoms with Gasteiger partial charge in [0.05, 0.1) is 11.6 Å². The average molecular weight is 312 g/mol. The SMILES string of the molecule is COc1ccc(NCC2CCCCCC2)cc1Br. The highest BCUT2D eigenvalue weighted by Gasteiger charge is 2.12. The van der Waals surface area contributed by atoms with E-state index >= 15 is 0 Å². The number of methoxy groups -OCH3 is 1. The third-order valence-corrected chi connectivity index (χ3v) is 4.34. The molecule has 0 bridgehead atoms. The molecule has 1 N–H and O–H groups in total. The van der Waals surface area contributed by atoms with Gasteiger partial charge in [-0.1, -0.05) is 25.7 Å². The van der Waals surface area contributed by atoms with Crippen LogP contribution in [-0.2, 0) is 0 Å². The van der Waals surface area contributed by atoms with E-state index in [2.05, 4.69) is 33.4 Å². The molecular formula is C15H22BrNO. The summed E-state index contributed by atoms with van der Waals surface area (Å²) in [6, 6.07) is 6.18. The van der Waals surface area contributed by atoms with Gasteiger partial charge in [-0.3, -0.25) is 0 Å². The summed E-state index contributed by atoms with van der Waals surface area (Å²) >= 11 is 3.52. The van der Waals surface area contributed by atoms with E-state index in [4.69, 9.17) is 4.74 Å². The van der Waals surface area contributed by atoms with Crippen molar-refractivity contribution in [3.05, 3.63) is 22.7 Å². The van der Waals surface area contributed by atoms with Gasteiger partial charge in [0.1, 0.15) is 5.75 Å². The fourth-order valence-corrected chi connectivity index (χ4v) is 3.15. The van der Waals surface area contributed by atoms with Gasteiger partial charge in [0.2, 0.25) is 0 Å². The Morgan fingerprint density at radius 2 is 1.94 bits per heavy atom. The molecule has 0 radical (unpaired) electrons. The van der Waals surface area contributed by atoms with Gasteiger partial charge in [-0.15, -0.1) is 0 Å². The number of anilines is 1. The van der Waals surface area contributed by atoms with Crippen LogP contribution in [0.1, 0.15) is 38.5 Å². The first-order valence-electron chi connectivity index (χ1n) is 6.87. The molecule has 0 atom stereocenters. The van der Waals surface area contributed by atoms with Crippen LogP contribution < -0.4 is 10.1 Å². The maximum Gasteiger partial charge on any atom is 0.133 e. The molecule has 1 aliphatic rings. The van der Waals surface area contributed by atoms with Crippen molar-refractivity contribution in [1.29, 1.82) is 0 Å². The molecule has 18 heavy (non-hydrogen) atoms. The second-order valence-electron chi connectivity index (χ2n) is 5.09. The predicted octanol–water partition coefficient (Wildman–Crippen LogP) is 4.84. The van der Waals surface area contributed by atoms with Crippen LogP contribution in [0.4, 0.5) is 5.69 Å². The zero-order valence-corrected chi connectivity index (χ0v) is 12.6. The minimum atomic E-state index is 0.841. The first-order valence-corrected chi connectivity index (χ1v) is 7.66. The van der Waals surface area contributed by atoms with Crippen molar-refractivity contribution in [1.82, 2.24) is 0 Å². The molecule has 0 unspecified atom stereocenters. The van der Waals surface area contributed by atoms with Crippen LogP contribution in [0.15, 0.2) is 22.7 Å². The zero-order valence-electron chi connectivity index (χ0n) is 11.0. The minimum absolute atomic E-state index is 0.841. The Bertz CT molecular complexity index is 373. The highest BCUT2D eigenvalue weighted by Crippen LogP contribution is 2.28. The molecule has 0 amide bonds. The number of benzene rings is 1. The Kier molecular flexibility index (Phi) is 5.36. The largest absolute Gasteiger partial charge is 0.496 e. The highest BCUT2D eigenvalue weighted by atomic mass is 79.9. The van der Waals surface area contributed by atoms with Crippen LogP contribution in [0.5, 0.6) is 5.75 Å². The molecule has 1 saturated carbocycles. The van der Waals surface area contributed by atoms with Crippen molar-refractivity contribution >= 4 is 21.6 Å². The highest BCUT2D eigenvalue weighted by molar-refractivity contribution is 9.10. The lowest BCUT2D eigenvalue weighted by Crippen LogP contribution is -2.13. The normalized spacial score (nSPS) is 17.2. The van der Waals surface area contributed by atoms with Crippen LogP contribution in [-0.4, -0.2) is 13.7 Å². The van der Waals surface area contributed by atoms with Crippen LogP contribution in [0.3, 0.4) is 0 Å². The van der Waals surface area contributed by atoms with Crippen molar-refractivity contribution < 1.29 is 4.74 Å². The number of hydrogen-bond donors (Lipinski definition) is 1. The van der Waals surface area contributed by atoms with Crippen molar-refractivity contribution in [2.24, 2.45) is 5.92 Å². The second kappa shape index (κ2) is 7.03. The monoisotopic (exact) mass is 311 g/mol. The fourth-order valence-electron chi connectivity index (χ4n) is 2.61. The average Bonchev–Trinajstić information content (AvgIpc) is 2.65. The van der Waals surface area contributed by atoms with Crippen LogP contribution in [0, 0.1) is 5.92 Å². The molecule has 100 valence electrons. The van der Waals surface area contributed by atoms with E-state index in [-0.39, 0.29) is 0 Å². The Balaban J connectivity index is 1.87. The van der Waals surface area contributed by atoms with E-state index < -0.39 is 0 Å². The zero-order chi connectivity index (χ0) is 12.8. The number of halogens is 1. The van der Waals surface area contributed by atoms with Crippen LogP contribution in [0.2, 0.25) is 0 Å². The lowest BCUT2D eigenvalue weighted by atomic mass is 10.0. The predicted molar refractivity (Wildman–Crippen MR) is 80.4 cm³/mol. The van der Waals surface area contributed by atoms with Crippen LogP contribution >= 0.6 is 15.9 Å². The topological polar surface area (TPSA) is 21.3 Å². The first kappa shape index (κ1) is 13.7. The Labute approximate surface area is 118 Å². The second-order valence-corrected chi connectivity index (χ2v) is 5.94. The van der Waals surface area contributed by atoms with Crippen molar-refractivity contribution in [2.45, 2.75) is 38.5 Å². The molecule has 2 nitrogen and oxygen atoms in total. The van der Waals surface area contributed by atoms with Crippen molar-refractivity contribution in [3.8, 4) is 5.75 Å². The smallest absolute Gasteiger partial charge is 0.133 e. The Morgan fingerprint density at radius 1 is 1.22 bits per heavy atom. The maximum atomic E-state index is 5.24. The Morgan fingerprint density at radius 3 is 2.56 bits per heavy atom. The molecule has 3 heteroatoms. The molecule has 0 saturated heterocycles. The maximum absolute atomic E-state index is 5.24. The molecule has 1 aromatic carbocycles. The molecule has 0 aliphatic heterocycles. The van der Waals surface area contributed by atoms with Gasteiger partial charge < -0.3 is 10.1 Å². The molecule has 0 heterocycles. The fraction of sp³-hybridized carbons (Fsp3) is 0.600. The minimum Gasteiger partial charge on any atom is -0.496 e. The van der Waals surface area contributed by atoms with Gasteiger partial charge in [-0.25, -0.2) is 0 Å². The summed E-state index contributed by atoms with van der Waals surface area (Å²) in [6.07, 6.45) is 8.40. The van der Waals surface area contributed by atoms with E-state index in [1.807, 2.05) is 6.07 Å². The third kappa shape index (κ3) is 3.91. The summed E-state index contributed by atoms with van der Waals surface area (Å²) in [4.78, 5) is 0. The number of nitrogens with one attached hydrogen (secondary N) is 1. The summed E-state index contributed by atoms with van der Waals surface area (Å²) in [6.45, 7) is 1.10. The van der Waals surface area contributed by atoms with Crippen molar-refractivity contribution in [3.63, 3.8) is 0 Å². The standard InChI is InChI=1S/C15H22BrNO/c1-18-15-9-8-13(10-14(15)16)17-11-12-6-4-2-3-5-7-12/h8-10,12,17H,2-7,11H2,1H3. The van der Waals surface area contributed by atoms with E-state index in [9.17, 15) is 0 Å². The molecule has 1 fully saturated rings. The number of rotatable bonds is 4. The molecule has 1 aliphatic carbocycles. The number of hydrogen-bond acceptors (Lipinski definition) is 2. The van der Waals surface area contributed by atoms with Gasteiger partial charge in [0.25, 0.3) is 0 Å². The summed E-state index contributed by atoms with van der Waals surface area (Å²) in [5.74, 6) is 1.73. The summed E-state index contributed by atoms with van der Waals surface area (Å²) in [7, 11) is 1.69. The van der Waals surface area contributed by atoms with Gasteiger partial charge in [0.15, 0.2) is 0 Å². The molecule has 1 aromatic rings. The summed E-state index contributed by atoms with van der Waals surface area (Å²) < 4.78 is 6.25. The van der Waals surface area contributed by atoms with Crippen LogP contribution in [0.25, 0.3) is 0 Å². The van der Waals surface area contributed by atoms with E-state index in [1.54, 1.807) is 7.11 Å². The molecular weight excluding hydrogens is 290 g/mol. The van der Waals surface area contributed by atoms with Gasteiger partial charge in [-0.2, -0.15) is 0 Å². The summed E-state index contributed by atoms with van der Waals surface area (Å²) in [5.41, 5.74) is 1.17. The lowest BCUT2D eigenvalue weighted by molar-refractivity contribution is 0.412. The molecule has 2 rings (SSSR count). The van der Waals surface area contributed by atoms with Crippen molar-refractivity contribution in [2.75, 3.05) is 19.0 Å².